The number of hydrogen-bond donors (Lipinski definition) is 0. The molecule has 31 heavy (non-hydrogen) atoms. The topological polar surface area (TPSA) is 34.1 Å². The van der Waals surface area contributed by atoms with E-state index in [9.17, 15) is 9.59 Å². The average molecular weight is 553 g/mol. The van der Waals surface area contributed by atoms with E-state index in [1.807, 2.05) is 97.1 Å². The van der Waals surface area contributed by atoms with Gasteiger partial charge in [-0.15, -0.1) is 0 Å². The van der Waals surface area contributed by atoms with Gasteiger partial charge in [-0.2, -0.15) is 0 Å². The maximum absolute atomic E-state index is 12.5. The Morgan fingerprint density at radius 2 is 1.00 bits per heavy atom. The van der Waals surface area contributed by atoms with E-state index in [0.29, 0.717) is 0 Å². The maximum Gasteiger partial charge on any atom is 0.381 e. The summed E-state index contributed by atoms with van der Waals surface area (Å²) in [5, 5.41) is 0. The fraction of sp³-hybridized carbons (Fsp3) is 0. The van der Waals surface area contributed by atoms with Crippen molar-refractivity contribution >= 4 is 46.4 Å². The molecule has 0 aliphatic heterocycles. The average Bonchev–Trinajstić information content (AvgIpc) is 3.47. The summed E-state index contributed by atoms with van der Waals surface area (Å²) in [7, 11) is 0. The van der Waals surface area contributed by atoms with Gasteiger partial charge in [0, 0.05) is 12.1 Å². The maximum atomic E-state index is 12.5. The second-order valence-electron chi connectivity index (χ2n) is 6.52. The lowest BCUT2D eigenvalue weighted by molar-refractivity contribution is -0.585. The van der Waals surface area contributed by atoms with Gasteiger partial charge < -0.3 is 0 Å². The van der Waals surface area contributed by atoms with Crippen molar-refractivity contribution < 1.29 is 30.8 Å². The van der Waals surface area contributed by atoms with Gasteiger partial charge in [-0.3, -0.25) is 9.59 Å². The molecule has 5 heteroatoms. The standard InChI is InChI=1S/C26H18IO2S2/c28-21(13-11-19-7-3-1-4-8-19)23-15-17-25(30-23)27-26-18-16-24(31-26)22(29)14-12-20-9-5-2-6-10-20/h1-18H/q+1. The van der Waals surface area contributed by atoms with Crippen LogP contribution in [0.3, 0.4) is 0 Å². The monoisotopic (exact) mass is 553 g/mol. The number of thiophene rings is 2. The Balaban J connectivity index is 1.37. The van der Waals surface area contributed by atoms with Gasteiger partial charge in [0.25, 0.3) is 0 Å². The molecule has 0 amide bonds. The van der Waals surface area contributed by atoms with Crippen LogP contribution in [0, 0.1) is 5.77 Å². The summed E-state index contributed by atoms with van der Waals surface area (Å²) in [6.45, 7) is 0. The van der Waals surface area contributed by atoms with Gasteiger partial charge in [-0.05, 0) is 35.4 Å². The second kappa shape index (κ2) is 10.6. The Morgan fingerprint density at radius 3 is 1.42 bits per heavy atom. The van der Waals surface area contributed by atoms with Crippen molar-refractivity contribution in [3.8, 4) is 0 Å². The zero-order valence-corrected chi connectivity index (χ0v) is 20.2. The molecular formula is C26H18IO2S2+. The number of carbonyl (C=O) groups excluding carboxylic acids is 2. The molecule has 0 fully saturated rings. The lowest BCUT2D eigenvalue weighted by Gasteiger charge is -1.91. The number of halogens is 1. The quantitative estimate of drug-likeness (QED) is 0.189. The molecule has 4 aromatic rings. The molecule has 2 nitrogen and oxygen atoms in total. The smallest absolute Gasteiger partial charge is 0.288 e. The summed E-state index contributed by atoms with van der Waals surface area (Å²) in [4.78, 5) is 26.4. The number of rotatable bonds is 8. The van der Waals surface area contributed by atoms with E-state index in [2.05, 4.69) is 0 Å². The SMILES string of the molecule is O=C(C=Cc1ccccc1)c1ccc([I+]c2ccc(C(=O)C=Cc3ccccc3)s2)s1. The van der Waals surface area contributed by atoms with Gasteiger partial charge in [-0.1, -0.05) is 95.5 Å². The molecule has 0 aliphatic carbocycles. The molecule has 0 saturated carbocycles. The van der Waals surface area contributed by atoms with Gasteiger partial charge in [0.2, 0.25) is 5.77 Å². The fourth-order valence-electron chi connectivity index (χ4n) is 2.72. The summed E-state index contributed by atoms with van der Waals surface area (Å²) < 4.78 is 2.44. The summed E-state index contributed by atoms with van der Waals surface area (Å²) in [5.41, 5.74) is 2.02. The summed E-state index contributed by atoms with van der Waals surface area (Å²) in [6.07, 6.45) is 6.95. The highest BCUT2D eigenvalue weighted by Gasteiger charge is 2.23. The molecule has 2 heterocycles. The van der Waals surface area contributed by atoms with Crippen LogP contribution in [0.15, 0.2) is 97.1 Å². The summed E-state index contributed by atoms with van der Waals surface area (Å²) >= 11 is 2.70. The zero-order chi connectivity index (χ0) is 21.5. The van der Waals surface area contributed by atoms with E-state index < -0.39 is 21.2 Å². The minimum absolute atomic E-state index is 0.0252. The van der Waals surface area contributed by atoms with Gasteiger partial charge >= 0.3 is 21.2 Å². The lowest BCUT2D eigenvalue weighted by atomic mass is 10.2. The fourth-order valence-corrected chi connectivity index (χ4v) is 8.87. The highest BCUT2D eigenvalue weighted by Crippen LogP contribution is 2.14. The van der Waals surface area contributed by atoms with Crippen molar-refractivity contribution in [1.82, 2.24) is 0 Å². The molecule has 0 saturated heterocycles. The molecule has 0 bridgehead atoms. The van der Waals surface area contributed by atoms with Crippen LogP contribution in [0.1, 0.15) is 30.5 Å². The van der Waals surface area contributed by atoms with Gasteiger partial charge in [-0.25, -0.2) is 0 Å². The molecule has 2 aromatic heterocycles. The molecule has 0 N–H and O–H groups in total. The van der Waals surface area contributed by atoms with Crippen molar-refractivity contribution in [3.63, 3.8) is 0 Å². The molecule has 2 aromatic carbocycles. The lowest BCUT2D eigenvalue weighted by Crippen LogP contribution is -3.61. The molecule has 0 radical (unpaired) electrons. The second-order valence-corrected chi connectivity index (χ2v) is 13.0. The van der Waals surface area contributed by atoms with Crippen molar-refractivity contribution in [2.75, 3.05) is 0 Å². The van der Waals surface area contributed by atoms with Crippen molar-refractivity contribution in [2.45, 2.75) is 0 Å². The first-order valence-corrected chi connectivity index (χ1v) is 13.4. The minimum Gasteiger partial charge on any atom is -0.288 e. The number of benzene rings is 2. The first-order chi connectivity index (χ1) is 15.2. The number of allylic oxidation sites excluding steroid dienone is 2. The van der Waals surface area contributed by atoms with Crippen LogP contribution in [0.5, 0.6) is 0 Å². The Hall–Kier alpha value is -2.61. The summed E-state index contributed by atoms with van der Waals surface area (Å²) in [6, 6.07) is 27.5. The van der Waals surface area contributed by atoms with Crippen molar-refractivity contribution in [3.05, 3.63) is 124 Å². The van der Waals surface area contributed by atoms with Crippen LogP contribution in [0.25, 0.3) is 12.2 Å². The van der Waals surface area contributed by atoms with Gasteiger partial charge in [0.1, 0.15) is 0 Å². The normalized spacial score (nSPS) is 11.4. The first kappa shape index (κ1) is 21.6. The highest BCUT2D eigenvalue weighted by atomic mass is 127. The number of hydrogen-bond acceptors (Lipinski definition) is 4. The van der Waals surface area contributed by atoms with Crippen molar-refractivity contribution in [2.24, 2.45) is 0 Å². The van der Waals surface area contributed by atoms with E-state index in [0.717, 1.165) is 20.9 Å². The van der Waals surface area contributed by atoms with Gasteiger partial charge in [0.05, 0.1) is 9.75 Å². The third kappa shape index (κ3) is 6.19. The number of ketones is 2. The Bertz CT molecular complexity index is 1140. The third-order valence-corrected chi connectivity index (χ3v) is 10.2. The highest BCUT2D eigenvalue weighted by molar-refractivity contribution is 7.12. The number of carbonyl (C=O) groups is 2. The predicted octanol–water partition coefficient (Wildman–Crippen LogP) is 3.73. The molecular weight excluding hydrogens is 535 g/mol. The van der Waals surface area contributed by atoms with Crippen LogP contribution in [0.4, 0.5) is 0 Å². The Kier molecular flexibility index (Phi) is 7.40. The molecule has 4 rings (SSSR count). The Labute approximate surface area is 199 Å². The molecule has 0 aliphatic rings. The van der Waals surface area contributed by atoms with Gasteiger partial charge in [0.15, 0.2) is 11.6 Å². The molecule has 0 unspecified atom stereocenters. The van der Waals surface area contributed by atoms with Crippen LogP contribution in [0.2, 0.25) is 0 Å². The van der Waals surface area contributed by atoms with E-state index in [-0.39, 0.29) is 11.6 Å². The zero-order valence-electron chi connectivity index (χ0n) is 16.4. The minimum atomic E-state index is -0.405. The largest absolute Gasteiger partial charge is 0.381 e. The van der Waals surface area contributed by atoms with Crippen LogP contribution in [-0.4, -0.2) is 11.6 Å². The van der Waals surface area contributed by atoms with E-state index in [1.54, 1.807) is 34.8 Å². The van der Waals surface area contributed by atoms with Crippen LogP contribution in [-0.2, 0) is 0 Å². The molecule has 0 spiro atoms. The molecule has 0 atom stereocenters. The van der Waals surface area contributed by atoms with Crippen LogP contribution < -0.4 is 21.2 Å². The molecule has 152 valence electrons. The third-order valence-electron chi connectivity index (χ3n) is 4.27. The van der Waals surface area contributed by atoms with Crippen LogP contribution >= 0.6 is 22.7 Å². The van der Waals surface area contributed by atoms with E-state index >= 15 is 0 Å². The summed E-state index contributed by atoms with van der Waals surface area (Å²) in [5.74, 6) is 0.0504. The van der Waals surface area contributed by atoms with E-state index in [1.165, 1.54) is 5.77 Å². The Morgan fingerprint density at radius 1 is 0.581 bits per heavy atom. The van der Waals surface area contributed by atoms with E-state index in [4.69, 9.17) is 0 Å². The van der Waals surface area contributed by atoms with Crippen molar-refractivity contribution in [1.29, 1.82) is 0 Å². The predicted molar refractivity (Wildman–Crippen MR) is 126 cm³/mol. The first-order valence-electron chi connectivity index (χ1n) is 9.57.